The second kappa shape index (κ2) is 6.74. The van der Waals surface area contributed by atoms with Crippen LogP contribution in [0.1, 0.15) is 17.2 Å². The summed E-state index contributed by atoms with van der Waals surface area (Å²) in [6.45, 7) is 0.938. The Bertz CT molecular complexity index is 904. The van der Waals surface area contributed by atoms with E-state index in [-0.39, 0.29) is 11.3 Å². The van der Waals surface area contributed by atoms with Gasteiger partial charge in [0.1, 0.15) is 5.75 Å². The van der Waals surface area contributed by atoms with Crippen LogP contribution in [0.5, 0.6) is 5.75 Å². The molecule has 1 heterocycles. The van der Waals surface area contributed by atoms with Gasteiger partial charge in [0.15, 0.2) is 0 Å². The summed E-state index contributed by atoms with van der Waals surface area (Å²) < 4.78 is 0. The summed E-state index contributed by atoms with van der Waals surface area (Å²) in [4.78, 5) is 14.0. The number of aliphatic hydroxyl groups is 1. The van der Waals surface area contributed by atoms with Crippen molar-refractivity contribution in [3.05, 3.63) is 70.0 Å². The number of benzene rings is 2. The monoisotopic (exact) mass is 325 g/mol. The van der Waals surface area contributed by atoms with E-state index >= 15 is 0 Å². The smallest absolute Gasteiger partial charge is 0.248 e. The van der Waals surface area contributed by atoms with E-state index in [0.29, 0.717) is 35.2 Å². The number of fused-ring (bicyclic) bond motifs is 1. The van der Waals surface area contributed by atoms with Gasteiger partial charge in [-0.3, -0.25) is 4.79 Å². The van der Waals surface area contributed by atoms with E-state index < -0.39 is 6.10 Å². The Balaban J connectivity index is 1.74. The molecule has 24 heavy (non-hydrogen) atoms. The molecule has 0 saturated carbocycles. The molecule has 0 unspecified atom stereocenters. The quantitative estimate of drug-likeness (QED) is 0.458. The standard InChI is InChI=1S/C18H19N3O3/c19-12-3-1-11(2-4-12)9-20-10-16(23)13-5-7-15(22)18-14(13)6-8-17(24)21-18/h1-8,16,20,22-23H,9-10,19H2,(H,21,24)/t16-/m0/s1. The summed E-state index contributed by atoms with van der Waals surface area (Å²) >= 11 is 0. The largest absolute Gasteiger partial charge is 0.506 e. The maximum Gasteiger partial charge on any atom is 0.248 e. The van der Waals surface area contributed by atoms with Crippen molar-refractivity contribution in [2.24, 2.45) is 0 Å². The Morgan fingerprint density at radius 2 is 1.83 bits per heavy atom. The molecule has 1 aromatic heterocycles. The molecule has 0 fully saturated rings. The number of aromatic hydroxyl groups is 1. The molecule has 1 atom stereocenters. The van der Waals surface area contributed by atoms with Crippen molar-refractivity contribution in [1.29, 1.82) is 0 Å². The molecule has 0 saturated heterocycles. The molecule has 0 aliphatic heterocycles. The van der Waals surface area contributed by atoms with Crippen LogP contribution in [0.4, 0.5) is 5.69 Å². The van der Waals surface area contributed by atoms with Crippen molar-refractivity contribution in [3.63, 3.8) is 0 Å². The maximum absolute atomic E-state index is 11.4. The molecule has 3 rings (SSSR count). The van der Waals surface area contributed by atoms with Crippen molar-refractivity contribution in [2.45, 2.75) is 12.6 Å². The number of H-pyrrole nitrogens is 1. The lowest BCUT2D eigenvalue weighted by molar-refractivity contribution is 0.176. The van der Waals surface area contributed by atoms with Crippen LogP contribution in [0.25, 0.3) is 10.9 Å². The van der Waals surface area contributed by atoms with Crippen molar-refractivity contribution < 1.29 is 10.2 Å². The van der Waals surface area contributed by atoms with Crippen LogP contribution >= 0.6 is 0 Å². The lowest BCUT2D eigenvalue weighted by atomic mass is 10.0. The van der Waals surface area contributed by atoms with Crippen LogP contribution < -0.4 is 16.6 Å². The molecule has 0 aliphatic rings. The highest BCUT2D eigenvalue weighted by molar-refractivity contribution is 5.87. The number of hydrogen-bond donors (Lipinski definition) is 5. The summed E-state index contributed by atoms with van der Waals surface area (Å²) in [6, 6.07) is 13.6. The molecule has 124 valence electrons. The minimum atomic E-state index is -0.771. The van der Waals surface area contributed by atoms with Gasteiger partial charge in [0.05, 0.1) is 11.6 Å². The number of phenols is 1. The minimum Gasteiger partial charge on any atom is -0.506 e. The third kappa shape index (κ3) is 3.40. The Labute approximate surface area is 138 Å². The lowest BCUT2D eigenvalue weighted by Crippen LogP contribution is -2.21. The predicted molar refractivity (Wildman–Crippen MR) is 93.8 cm³/mol. The highest BCUT2D eigenvalue weighted by Gasteiger charge is 2.13. The summed E-state index contributed by atoms with van der Waals surface area (Å²) in [5, 5.41) is 24.1. The van der Waals surface area contributed by atoms with Gasteiger partial charge in [0.25, 0.3) is 0 Å². The average molecular weight is 325 g/mol. The summed E-state index contributed by atoms with van der Waals surface area (Å²) in [5.74, 6) is -0.0199. The number of nitrogen functional groups attached to an aromatic ring is 1. The third-order valence-corrected chi connectivity index (χ3v) is 3.91. The van der Waals surface area contributed by atoms with E-state index in [1.807, 2.05) is 24.3 Å². The van der Waals surface area contributed by atoms with Gasteiger partial charge in [-0.2, -0.15) is 0 Å². The number of pyridine rings is 1. The zero-order chi connectivity index (χ0) is 17.1. The molecule has 3 aromatic rings. The minimum absolute atomic E-state index is 0.0199. The van der Waals surface area contributed by atoms with Crippen LogP contribution in [0.3, 0.4) is 0 Å². The fourth-order valence-corrected chi connectivity index (χ4v) is 2.65. The van der Waals surface area contributed by atoms with Crippen LogP contribution in [-0.4, -0.2) is 21.7 Å². The van der Waals surface area contributed by atoms with Crippen LogP contribution in [0.2, 0.25) is 0 Å². The van der Waals surface area contributed by atoms with Gasteiger partial charge in [0, 0.05) is 30.2 Å². The van der Waals surface area contributed by atoms with Crippen LogP contribution in [-0.2, 0) is 6.54 Å². The molecule has 0 amide bonds. The summed E-state index contributed by atoms with van der Waals surface area (Å²) in [7, 11) is 0. The fourth-order valence-electron chi connectivity index (χ4n) is 2.65. The second-order valence-electron chi connectivity index (χ2n) is 5.67. The molecule has 6 nitrogen and oxygen atoms in total. The van der Waals surface area contributed by atoms with Gasteiger partial charge >= 0.3 is 0 Å². The average Bonchev–Trinajstić information content (AvgIpc) is 2.57. The van der Waals surface area contributed by atoms with Gasteiger partial charge in [-0.05, 0) is 35.4 Å². The molecule has 0 bridgehead atoms. The SMILES string of the molecule is Nc1ccc(CNC[C@H](O)c2ccc(O)c3[nH]c(=O)ccc23)cc1. The number of aromatic nitrogens is 1. The predicted octanol–water partition coefficient (Wildman–Crippen LogP) is 1.64. The van der Waals surface area contributed by atoms with Gasteiger partial charge in [-0.15, -0.1) is 0 Å². The Morgan fingerprint density at radius 3 is 2.58 bits per heavy atom. The number of rotatable bonds is 5. The number of nitrogens with one attached hydrogen (secondary N) is 2. The van der Waals surface area contributed by atoms with Gasteiger partial charge < -0.3 is 26.2 Å². The normalized spacial score (nSPS) is 12.4. The van der Waals surface area contributed by atoms with Crippen molar-refractivity contribution in [1.82, 2.24) is 10.3 Å². The Hall–Kier alpha value is -2.83. The Morgan fingerprint density at radius 1 is 1.08 bits per heavy atom. The third-order valence-electron chi connectivity index (χ3n) is 3.91. The molecule has 0 spiro atoms. The van der Waals surface area contributed by atoms with E-state index in [0.717, 1.165) is 5.56 Å². The maximum atomic E-state index is 11.4. The molecule has 6 heteroatoms. The zero-order valence-corrected chi connectivity index (χ0v) is 13.0. The molecular weight excluding hydrogens is 306 g/mol. The zero-order valence-electron chi connectivity index (χ0n) is 13.0. The van der Waals surface area contributed by atoms with E-state index in [4.69, 9.17) is 5.73 Å². The van der Waals surface area contributed by atoms with Gasteiger partial charge in [0.2, 0.25) is 5.56 Å². The van der Waals surface area contributed by atoms with E-state index in [1.165, 1.54) is 12.1 Å². The topological polar surface area (TPSA) is 111 Å². The molecule has 0 aliphatic carbocycles. The van der Waals surface area contributed by atoms with Gasteiger partial charge in [-0.25, -0.2) is 0 Å². The number of aromatic amines is 1. The number of hydrogen-bond acceptors (Lipinski definition) is 5. The van der Waals surface area contributed by atoms with Crippen molar-refractivity contribution in [3.8, 4) is 5.75 Å². The van der Waals surface area contributed by atoms with Crippen LogP contribution in [0.15, 0.2) is 53.3 Å². The second-order valence-corrected chi connectivity index (χ2v) is 5.67. The fraction of sp³-hybridized carbons (Fsp3) is 0.167. The Kier molecular flexibility index (Phi) is 4.50. The molecular formula is C18H19N3O3. The molecule has 2 aromatic carbocycles. The highest BCUT2D eigenvalue weighted by atomic mass is 16.3. The first-order valence-electron chi connectivity index (χ1n) is 7.62. The first-order chi connectivity index (χ1) is 11.5. The number of aliphatic hydroxyl groups excluding tert-OH is 1. The van der Waals surface area contributed by atoms with E-state index in [2.05, 4.69) is 10.3 Å². The van der Waals surface area contributed by atoms with E-state index in [9.17, 15) is 15.0 Å². The first-order valence-corrected chi connectivity index (χ1v) is 7.62. The highest BCUT2D eigenvalue weighted by Crippen LogP contribution is 2.28. The summed E-state index contributed by atoms with van der Waals surface area (Å²) in [6.07, 6.45) is -0.771. The number of anilines is 1. The lowest BCUT2D eigenvalue weighted by Gasteiger charge is -2.15. The van der Waals surface area contributed by atoms with Crippen molar-refractivity contribution >= 4 is 16.6 Å². The summed E-state index contributed by atoms with van der Waals surface area (Å²) in [5.41, 5.74) is 8.10. The molecule has 6 N–H and O–H groups in total. The van der Waals surface area contributed by atoms with Crippen molar-refractivity contribution in [2.75, 3.05) is 12.3 Å². The first kappa shape index (κ1) is 16.0. The van der Waals surface area contributed by atoms with E-state index in [1.54, 1.807) is 12.1 Å². The number of phenolic OH excluding ortho intramolecular Hbond substituents is 1. The number of nitrogens with two attached hydrogens (primary N) is 1. The molecule has 0 radical (unpaired) electrons. The van der Waals surface area contributed by atoms with Gasteiger partial charge in [-0.1, -0.05) is 18.2 Å². The van der Waals surface area contributed by atoms with Crippen LogP contribution in [0, 0.1) is 0 Å².